The first-order valence-corrected chi connectivity index (χ1v) is 10.1. The molecular formula is C22H20ClF2N3O3. The van der Waals surface area contributed by atoms with Crippen LogP contribution in [-0.2, 0) is 0 Å². The molecule has 4 rings (SSSR count). The van der Waals surface area contributed by atoms with E-state index in [0.717, 1.165) is 5.56 Å². The molecule has 3 N–H and O–H groups in total. The molecule has 0 aliphatic heterocycles. The fourth-order valence-electron chi connectivity index (χ4n) is 4.38. The Kier molecular flexibility index (Phi) is 5.43. The summed E-state index contributed by atoms with van der Waals surface area (Å²) in [6.07, 6.45) is 0.835. The van der Waals surface area contributed by atoms with E-state index in [2.05, 4.69) is 9.97 Å². The summed E-state index contributed by atoms with van der Waals surface area (Å²) in [5.41, 5.74) is 6.06. The van der Waals surface area contributed by atoms with Gasteiger partial charge in [0, 0.05) is 41.7 Å². The molecule has 1 aliphatic carbocycles. The third-order valence-electron chi connectivity index (χ3n) is 5.83. The lowest BCUT2D eigenvalue weighted by Gasteiger charge is -2.37. The second-order valence-electron chi connectivity index (χ2n) is 7.73. The van der Waals surface area contributed by atoms with E-state index >= 15 is 0 Å². The van der Waals surface area contributed by atoms with E-state index in [4.69, 9.17) is 22.1 Å². The zero-order valence-electron chi connectivity index (χ0n) is 16.6. The maximum atomic E-state index is 14.4. The molecule has 1 aliphatic rings. The van der Waals surface area contributed by atoms with Crippen LogP contribution in [0.15, 0.2) is 41.3 Å². The van der Waals surface area contributed by atoms with Gasteiger partial charge >= 0.3 is 0 Å². The number of methoxy groups -OCH3 is 1. The van der Waals surface area contributed by atoms with E-state index in [1.54, 1.807) is 18.2 Å². The number of carbonyl (C=O) groups excluding carboxylic acids is 1. The van der Waals surface area contributed by atoms with Crippen LogP contribution in [0.25, 0.3) is 10.9 Å². The fraction of sp³-hybridized carbons (Fsp3) is 0.318. The minimum Gasteiger partial charge on any atom is -0.497 e. The van der Waals surface area contributed by atoms with Crippen molar-refractivity contribution in [2.24, 2.45) is 5.73 Å². The van der Waals surface area contributed by atoms with E-state index in [-0.39, 0.29) is 29.8 Å². The standard InChI is InChI=1S/C22H20ClF2N3O3/c1-31-11-2-3-13(15(23)8-11)12-4-6-22(24,25)10-14(12)17-9-18(29)19-16(28-17)5-7-27-20(19)21(26)30/h2-3,5,7-9,12,14H,4,6,10H2,1H3,(H2,26,30)(H,28,29)/t12?,14-/m0/s1. The Morgan fingerprint density at radius 3 is 2.74 bits per heavy atom. The van der Waals surface area contributed by atoms with E-state index in [0.29, 0.717) is 22.0 Å². The SMILES string of the molecule is COc1ccc(C2CCC(F)(F)C[C@@H]2c2cc(=O)c3c(C(N)=O)nccc3[nH]2)c(Cl)c1. The smallest absolute Gasteiger partial charge is 0.268 e. The van der Waals surface area contributed by atoms with Crippen molar-refractivity contribution in [3.8, 4) is 5.75 Å². The van der Waals surface area contributed by atoms with Crippen LogP contribution in [0.4, 0.5) is 8.78 Å². The van der Waals surface area contributed by atoms with Gasteiger partial charge in [0.1, 0.15) is 11.4 Å². The molecule has 0 radical (unpaired) electrons. The molecule has 2 aromatic heterocycles. The van der Waals surface area contributed by atoms with Crippen molar-refractivity contribution in [2.45, 2.75) is 37.0 Å². The molecule has 6 nitrogen and oxygen atoms in total. The maximum Gasteiger partial charge on any atom is 0.268 e. The van der Waals surface area contributed by atoms with Crippen molar-refractivity contribution in [3.63, 3.8) is 0 Å². The van der Waals surface area contributed by atoms with Gasteiger partial charge < -0.3 is 15.5 Å². The number of carbonyl (C=O) groups is 1. The number of hydrogen-bond donors (Lipinski definition) is 2. The number of rotatable bonds is 4. The minimum absolute atomic E-state index is 0.0420. The van der Waals surface area contributed by atoms with Crippen molar-refractivity contribution in [1.82, 2.24) is 9.97 Å². The molecule has 1 unspecified atom stereocenters. The number of H-pyrrole nitrogens is 1. The number of aromatic amines is 1. The number of hydrogen-bond acceptors (Lipinski definition) is 4. The summed E-state index contributed by atoms with van der Waals surface area (Å²) in [6, 6.07) is 7.93. The Hall–Kier alpha value is -3.00. The van der Waals surface area contributed by atoms with E-state index in [1.807, 2.05) is 0 Å². The van der Waals surface area contributed by atoms with Crippen LogP contribution >= 0.6 is 11.6 Å². The normalized spacial score (nSPS) is 20.5. The lowest BCUT2D eigenvalue weighted by molar-refractivity contribution is -0.0464. The molecule has 162 valence electrons. The molecule has 0 saturated heterocycles. The van der Waals surface area contributed by atoms with E-state index in [9.17, 15) is 18.4 Å². The first-order valence-electron chi connectivity index (χ1n) is 9.73. The number of alkyl halides is 2. The number of amides is 1. The van der Waals surface area contributed by atoms with Gasteiger partial charge in [-0.3, -0.25) is 14.6 Å². The lowest BCUT2D eigenvalue weighted by Crippen LogP contribution is -2.31. The summed E-state index contributed by atoms with van der Waals surface area (Å²) in [5, 5.41) is 0.461. The van der Waals surface area contributed by atoms with Crippen molar-refractivity contribution in [2.75, 3.05) is 7.11 Å². The van der Waals surface area contributed by atoms with E-state index in [1.165, 1.54) is 25.4 Å². The molecule has 31 heavy (non-hydrogen) atoms. The second-order valence-corrected chi connectivity index (χ2v) is 8.14. The van der Waals surface area contributed by atoms with Crippen LogP contribution in [0.2, 0.25) is 5.02 Å². The number of primary amides is 1. The quantitative estimate of drug-likeness (QED) is 0.620. The van der Waals surface area contributed by atoms with E-state index < -0.39 is 29.6 Å². The van der Waals surface area contributed by atoms with Crippen LogP contribution in [0, 0.1) is 0 Å². The van der Waals surface area contributed by atoms with Gasteiger partial charge in [-0.15, -0.1) is 0 Å². The number of ether oxygens (including phenoxy) is 1. The van der Waals surface area contributed by atoms with Crippen molar-refractivity contribution in [3.05, 3.63) is 68.7 Å². The van der Waals surface area contributed by atoms with Gasteiger partial charge in [0.2, 0.25) is 5.92 Å². The van der Waals surface area contributed by atoms with Crippen molar-refractivity contribution < 1.29 is 18.3 Å². The summed E-state index contributed by atoms with van der Waals surface area (Å²) in [4.78, 5) is 31.4. The average molecular weight is 448 g/mol. The molecule has 1 aromatic carbocycles. The van der Waals surface area contributed by atoms with Gasteiger partial charge in [-0.2, -0.15) is 0 Å². The fourth-order valence-corrected chi connectivity index (χ4v) is 4.69. The first-order chi connectivity index (χ1) is 14.7. The number of aromatic nitrogens is 2. The van der Waals surface area contributed by atoms with Gasteiger partial charge in [0.15, 0.2) is 5.43 Å². The van der Waals surface area contributed by atoms with Crippen LogP contribution in [0.5, 0.6) is 5.75 Å². The maximum absolute atomic E-state index is 14.4. The highest BCUT2D eigenvalue weighted by Crippen LogP contribution is 2.50. The van der Waals surface area contributed by atoms with Gasteiger partial charge in [0.05, 0.1) is 18.0 Å². The van der Waals surface area contributed by atoms with Gasteiger partial charge in [-0.05, 0) is 36.1 Å². The Bertz CT molecular complexity index is 1230. The van der Waals surface area contributed by atoms with Crippen LogP contribution in [0.1, 0.15) is 52.8 Å². The number of nitrogens with zero attached hydrogens (tertiary/aromatic N) is 1. The molecule has 1 amide bonds. The Morgan fingerprint density at radius 1 is 1.29 bits per heavy atom. The molecule has 9 heteroatoms. The number of fused-ring (bicyclic) bond motifs is 1. The van der Waals surface area contributed by atoms with Crippen molar-refractivity contribution in [1.29, 1.82) is 0 Å². The zero-order chi connectivity index (χ0) is 22.3. The monoisotopic (exact) mass is 447 g/mol. The Balaban J connectivity index is 1.85. The molecule has 0 spiro atoms. The summed E-state index contributed by atoms with van der Waals surface area (Å²) < 4.78 is 34.0. The molecule has 2 atom stereocenters. The highest BCUT2D eigenvalue weighted by atomic mass is 35.5. The Morgan fingerprint density at radius 2 is 2.06 bits per heavy atom. The second kappa shape index (κ2) is 7.92. The average Bonchev–Trinajstić information content (AvgIpc) is 2.72. The van der Waals surface area contributed by atoms with Crippen molar-refractivity contribution >= 4 is 28.4 Å². The minimum atomic E-state index is -2.87. The highest BCUT2D eigenvalue weighted by molar-refractivity contribution is 6.31. The summed E-state index contributed by atoms with van der Waals surface area (Å²) >= 11 is 6.45. The summed E-state index contributed by atoms with van der Waals surface area (Å²) in [5.74, 6) is -4.16. The zero-order valence-corrected chi connectivity index (χ0v) is 17.4. The molecular weight excluding hydrogens is 428 g/mol. The summed E-state index contributed by atoms with van der Waals surface area (Å²) in [6.45, 7) is 0. The molecule has 0 bridgehead atoms. The third-order valence-corrected chi connectivity index (χ3v) is 6.16. The number of nitrogens with one attached hydrogen (secondary N) is 1. The first kappa shape index (κ1) is 21.2. The van der Waals surface area contributed by atoms with Gasteiger partial charge in [-0.25, -0.2) is 8.78 Å². The number of benzene rings is 1. The highest BCUT2D eigenvalue weighted by Gasteiger charge is 2.43. The van der Waals surface area contributed by atoms with Crippen LogP contribution < -0.4 is 15.9 Å². The predicted molar refractivity (Wildman–Crippen MR) is 113 cm³/mol. The topological polar surface area (TPSA) is 98.1 Å². The third kappa shape index (κ3) is 3.99. The number of halogens is 3. The van der Waals surface area contributed by atoms with Crippen LogP contribution in [0.3, 0.4) is 0 Å². The molecule has 2 heterocycles. The largest absolute Gasteiger partial charge is 0.497 e. The molecule has 1 fully saturated rings. The van der Waals surface area contributed by atoms with Gasteiger partial charge in [0.25, 0.3) is 5.91 Å². The number of pyridine rings is 2. The Labute approximate surface area is 181 Å². The molecule has 3 aromatic rings. The lowest BCUT2D eigenvalue weighted by atomic mass is 9.72. The predicted octanol–water partition coefficient (Wildman–Crippen LogP) is 4.37. The number of nitrogens with two attached hydrogens (primary N) is 1. The summed E-state index contributed by atoms with van der Waals surface area (Å²) in [7, 11) is 1.52. The van der Waals surface area contributed by atoms with Crippen LogP contribution in [-0.4, -0.2) is 28.9 Å². The molecule has 1 saturated carbocycles. The van der Waals surface area contributed by atoms with Gasteiger partial charge in [-0.1, -0.05) is 17.7 Å².